The van der Waals surface area contributed by atoms with Crippen molar-refractivity contribution < 1.29 is 0 Å². The number of nitrogens with zero attached hydrogens (tertiary/aromatic N) is 4. The third-order valence-corrected chi connectivity index (χ3v) is 11.2. The number of aromatic nitrogens is 4. The lowest BCUT2D eigenvalue weighted by atomic mass is 10.0. The summed E-state index contributed by atoms with van der Waals surface area (Å²) in [4.78, 5) is 11.7. The predicted molar refractivity (Wildman–Crippen MR) is 214 cm³/mol. The molecule has 0 saturated carbocycles. The van der Waals surface area contributed by atoms with Gasteiger partial charge in [0.2, 0.25) is 0 Å². The van der Waals surface area contributed by atoms with Gasteiger partial charge in [-0.25, -0.2) is 9.97 Å². The van der Waals surface area contributed by atoms with Crippen LogP contribution in [0.1, 0.15) is 0 Å². The molecule has 0 aliphatic rings. The maximum atomic E-state index is 5.45. The van der Waals surface area contributed by atoms with E-state index in [0.29, 0.717) is 0 Å². The second-order valence-electron chi connectivity index (χ2n) is 13.0. The number of fused-ring (bicyclic) bond motifs is 9. The van der Waals surface area contributed by atoms with Crippen LogP contribution < -0.4 is 0 Å². The van der Waals surface area contributed by atoms with Gasteiger partial charge in [-0.05, 0) is 54.6 Å². The minimum absolute atomic E-state index is 0.720. The monoisotopic (exact) mass is 668 g/mol. The Morgan fingerprint density at radius 3 is 1.67 bits per heavy atom. The summed E-state index contributed by atoms with van der Waals surface area (Å²) in [6, 6.07) is 60.6. The molecule has 51 heavy (non-hydrogen) atoms. The van der Waals surface area contributed by atoms with Crippen molar-refractivity contribution in [2.45, 2.75) is 0 Å². The fourth-order valence-electron chi connectivity index (χ4n) is 7.92. The van der Waals surface area contributed by atoms with E-state index in [1.54, 1.807) is 11.3 Å². The van der Waals surface area contributed by atoms with Crippen LogP contribution in [0.4, 0.5) is 0 Å². The van der Waals surface area contributed by atoms with Crippen LogP contribution in [-0.4, -0.2) is 19.1 Å². The molecule has 0 saturated heterocycles. The second-order valence-corrected chi connectivity index (χ2v) is 14.0. The molecule has 0 unspecified atom stereocenters. The standard InChI is InChI=1S/C46H28N4S/c1-2-14-31(15-3-1)49-38-21-8-6-19-35(38)36-26-25-30(28-41(36)49)45-47-44(43-37-20-7-11-24-42(37)51-46(43)48-45)29-13-12-16-32(27-29)50-39-22-9-4-17-33(39)34-18-5-10-23-40(34)50/h1-28H. The molecule has 238 valence electrons. The first-order chi connectivity index (χ1) is 25.3. The van der Waals surface area contributed by atoms with E-state index in [1.807, 2.05) is 0 Å². The Balaban J connectivity index is 1.16. The van der Waals surface area contributed by atoms with E-state index < -0.39 is 0 Å². The van der Waals surface area contributed by atoms with Gasteiger partial charge in [0.1, 0.15) is 4.83 Å². The van der Waals surface area contributed by atoms with Crippen LogP contribution in [0.3, 0.4) is 0 Å². The number of rotatable bonds is 4. The number of para-hydroxylation sites is 4. The largest absolute Gasteiger partial charge is 0.309 e. The van der Waals surface area contributed by atoms with E-state index in [2.05, 4.69) is 179 Å². The Kier molecular flexibility index (Phi) is 6.09. The van der Waals surface area contributed by atoms with Crippen LogP contribution in [0, 0.1) is 0 Å². The Hall–Kier alpha value is -6.56. The summed E-state index contributed by atoms with van der Waals surface area (Å²) in [6.07, 6.45) is 0. The molecule has 7 aromatic carbocycles. The number of hydrogen-bond acceptors (Lipinski definition) is 3. The second kappa shape index (κ2) is 11.0. The van der Waals surface area contributed by atoms with E-state index >= 15 is 0 Å². The Labute approximate surface area is 297 Å². The van der Waals surface area contributed by atoms with Crippen LogP contribution in [0.25, 0.3) is 97.9 Å². The van der Waals surface area contributed by atoms with E-state index in [0.717, 1.165) is 49.8 Å². The summed E-state index contributed by atoms with van der Waals surface area (Å²) in [5, 5.41) is 7.21. The maximum absolute atomic E-state index is 5.45. The molecular formula is C46H28N4S. The van der Waals surface area contributed by atoms with Crippen LogP contribution in [0.5, 0.6) is 0 Å². The molecule has 0 amide bonds. The van der Waals surface area contributed by atoms with Gasteiger partial charge in [-0.2, -0.15) is 0 Å². The fourth-order valence-corrected chi connectivity index (χ4v) is 8.99. The van der Waals surface area contributed by atoms with Gasteiger partial charge in [0.05, 0.1) is 27.8 Å². The number of benzene rings is 7. The first kappa shape index (κ1) is 28.3. The topological polar surface area (TPSA) is 35.6 Å². The Morgan fingerprint density at radius 1 is 0.392 bits per heavy atom. The Morgan fingerprint density at radius 2 is 0.961 bits per heavy atom. The van der Waals surface area contributed by atoms with Gasteiger partial charge in [0.25, 0.3) is 0 Å². The predicted octanol–water partition coefficient (Wildman–Crippen LogP) is 12.4. The van der Waals surface area contributed by atoms with Crippen molar-refractivity contribution in [2.75, 3.05) is 0 Å². The fraction of sp³-hybridized carbons (Fsp3) is 0. The van der Waals surface area contributed by atoms with E-state index in [9.17, 15) is 0 Å². The van der Waals surface area contributed by atoms with Crippen LogP contribution >= 0.6 is 11.3 Å². The minimum atomic E-state index is 0.720. The molecule has 0 fully saturated rings. The van der Waals surface area contributed by atoms with Gasteiger partial charge in [-0.3, -0.25) is 0 Å². The summed E-state index contributed by atoms with van der Waals surface area (Å²) in [7, 11) is 0. The molecular weight excluding hydrogens is 641 g/mol. The van der Waals surface area contributed by atoms with Crippen molar-refractivity contribution >= 4 is 75.3 Å². The zero-order valence-corrected chi connectivity index (χ0v) is 28.2. The molecule has 5 heteroatoms. The lowest BCUT2D eigenvalue weighted by Gasteiger charge is -2.12. The highest BCUT2D eigenvalue weighted by molar-refractivity contribution is 7.25. The zero-order chi connectivity index (χ0) is 33.5. The molecule has 0 aliphatic carbocycles. The lowest BCUT2D eigenvalue weighted by molar-refractivity contribution is 1.17. The average molecular weight is 669 g/mol. The van der Waals surface area contributed by atoms with Crippen molar-refractivity contribution in [2.24, 2.45) is 0 Å². The van der Waals surface area contributed by atoms with Crippen molar-refractivity contribution in [3.8, 4) is 34.0 Å². The molecule has 0 atom stereocenters. The van der Waals surface area contributed by atoms with Gasteiger partial charge in [0, 0.05) is 59.5 Å². The normalized spacial score (nSPS) is 11.9. The Bertz CT molecular complexity index is 3090. The van der Waals surface area contributed by atoms with Crippen LogP contribution in [0.2, 0.25) is 0 Å². The lowest BCUT2D eigenvalue weighted by Crippen LogP contribution is -1.97. The third kappa shape index (κ3) is 4.25. The smallest absolute Gasteiger partial charge is 0.161 e. The molecule has 0 aliphatic heterocycles. The molecule has 4 aromatic heterocycles. The minimum Gasteiger partial charge on any atom is -0.309 e. The van der Waals surface area contributed by atoms with Crippen LogP contribution in [-0.2, 0) is 0 Å². The highest BCUT2D eigenvalue weighted by atomic mass is 32.1. The maximum Gasteiger partial charge on any atom is 0.161 e. The summed E-state index contributed by atoms with van der Waals surface area (Å²) in [5.41, 5.74) is 9.91. The molecule has 0 spiro atoms. The molecule has 11 aromatic rings. The average Bonchev–Trinajstić information content (AvgIpc) is 3.85. The summed E-state index contributed by atoms with van der Waals surface area (Å²) >= 11 is 1.73. The van der Waals surface area contributed by atoms with Gasteiger partial charge < -0.3 is 9.13 Å². The molecule has 11 rings (SSSR count). The summed E-state index contributed by atoms with van der Waals surface area (Å²) in [6.45, 7) is 0. The summed E-state index contributed by atoms with van der Waals surface area (Å²) in [5.74, 6) is 0.720. The third-order valence-electron chi connectivity index (χ3n) is 10.1. The van der Waals surface area contributed by atoms with Crippen LogP contribution in [0.15, 0.2) is 170 Å². The number of hydrogen-bond donors (Lipinski definition) is 0. The quantitative estimate of drug-likeness (QED) is 0.187. The van der Waals surface area contributed by atoms with Gasteiger partial charge in [-0.15, -0.1) is 11.3 Å². The molecule has 4 heterocycles. The van der Waals surface area contributed by atoms with Crippen molar-refractivity contribution in [3.63, 3.8) is 0 Å². The van der Waals surface area contributed by atoms with E-state index in [4.69, 9.17) is 9.97 Å². The first-order valence-corrected chi connectivity index (χ1v) is 18.0. The molecule has 4 nitrogen and oxygen atoms in total. The van der Waals surface area contributed by atoms with Crippen molar-refractivity contribution in [3.05, 3.63) is 170 Å². The van der Waals surface area contributed by atoms with E-state index in [-0.39, 0.29) is 0 Å². The van der Waals surface area contributed by atoms with Gasteiger partial charge in [-0.1, -0.05) is 115 Å². The zero-order valence-electron chi connectivity index (χ0n) is 27.4. The van der Waals surface area contributed by atoms with Crippen molar-refractivity contribution in [1.82, 2.24) is 19.1 Å². The highest BCUT2D eigenvalue weighted by Crippen LogP contribution is 2.41. The van der Waals surface area contributed by atoms with Gasteiger partial charge >= 0.3 is 0 Å². The van der Waals surface area contributed by atoms with Gasteiger partial charge in [0.15, 0.2) is 5.82 Å². The highest BCUT2D eigenvalue weighted by Gasteiger charge is 2.20. The first-order valence-electron chi connectivity index (χ1n) is 17.2. The molecule has 0 bridgehead atoms. The van der Waals surface area contributed by atoms with Crippen molar-refractivity contribution in [1.29, 1.82) is 0 Å². The molecule has 0 N–H and O–H groups in total. The van der Waals surface area contributed by atoms with E-state index in [1.165, 1.54) is 48.2 Å². The number of thiophene rings is 1. The summed E-state index contributed by atoms with van der Waals surface area (Å²) < 4.78 is 5.93. The SMILES string of the molecule is c1ccc(-n2c3ccccc3c3ccc(-c4nc(-c5cccc(-n6c7ccccc7c7ccccc76)c5)c5c(n4)sc4ccccc45)cc32)cc1. The molecule has 0 radical (unpaired) electrons.